The number of hydrogen-bond donors (Lipinski definition) is 4. The molecule has 6 heteroatoms. The molecule has 0 aliphatic rings. The Morgan fingerprint density at radius 2 is 2.00 bits per heavy atom. The van der Waals surface area contributed by atoms with Gasteiger partial charge in [-0.2, -0.15) is 0 Å². The van der Waals surface area contributed by atoms with E-state index in [9.17, 15) is 9.59 Å². The molecule has 0 spiro atoms. The van der Waals surface area contributed by atoms with Crippen LogP contribution in [0.25, 0.3) is 10.9 Å². The number of nitrogens with two attached hydrogens (primary N) is 1. The lowest BCUT2D eigenvalue weighted by molar-refractivity contribution is -0.117. The molecule has 0 aliphatic carbocycles. The molecule has 2 aromatic rings. The highest BCUT2D eigenvalue weighted by Gasteiger charge is 2.10. The molecular weight excluding hydrogens is 244 g/mol. The number of nitrogens with one attached hydrogen (secondary N) is 3. The highest BCUT2D eigenvalue weighted by molar-refractivity contribution is 6.06. The minimum Gasteiger partial charge on any atom is -0.369 e. The molecule has 0 fully saturated rings. The summed E-state index contributed by atoms with van der Waals surface area (Å²) in [5.74, 6) is -0.554. The number of amides is 2. The van der Waals surface area contributed by atoms with Crippen LogP contribution in [0.3, 0.4) is 0 Å². The molecule has 19 heavy (non-hydrogen) atoms. The number of carbonyl (C=O) groups is 2. The van der Waals surface area contributed by atoms with Crippen molar-refractivity contribution in [2.24, 2.45) is 5.73 Å². The first-order valence-corrected chi connectivity index (χ1v) is 6.02. The van der Waals surface area contributed by atoms with E-state index in [1.165, 1.54) is 0 Å². The van der Waals surface area contributed by atoms with E-state index in [0.717, 1.165) is 10.9 Å². The predicted octanol–water partition coefficient (Wildman–Crippen LogP) is -0.0274. The van der Waals surface area contributed by atoms with Crippen molar-refractivity contribution >= 4 is 22.7 Å². The van der Waals surface area contributed by atoms with Crippen LogP contribution >= 0.6 is 0 Å². The summed E-state index contributed by atoms with van der Waals surface area (Å²) in [6.07, 6.45) is 1.69. The topological polar surface area (TPSA) is 100 Å². The van der Waals surface area contributed by atoms with Gasteiger partial charge in [0.2, 0.25) is 5.91 Å². The summed E-state index contributed by atoms with van der Waals surface area (Å²) in [7, 11) is 0. The molecule has 0 saturated carbocycles. The average molecular weight is 260 g/mol. The van der Waals surface area contributed by atoms with E-state index in [1.54, 1.807) is 6.20 Å². The van der Waals surface area contributed by atoms with Crippen LogP contribution in [0.2, 0.25) is 0 Å². The summed E-state index contributed by atoms with van der Waals surface area (Å²) in [6, 6.07) is 7.61. The van der Waals surface area contributed by atoms with Crippen LogP contribution in [0.4, 0.5) is 0 Å². The van der Waals surface area contributed by atoms with Crippen molar-refractivity contribution < 1.29 is 9.59 Å². The van der Waals surface area contributed by atoms with Crippen LogP contribution < -0.4 is 16.4 Å². The van der Waals surface area contributed by atoms with E-state index in [1.807, 2.05) is 24.3 Å². The first-order valence-electron chi connectivity index (χ1n) is 6.02. The average Bonchev–Trinajstić information content (AvgIpc) is 2.81. The van der Waals surface area contributed by atoms with E-state index >= 15 is 0 Å². The third-order valence-corrected chi connectivity index (χ3v) is 2.72. The van der Waals surface area contributed by atoms with Crippen LogP contribution in [0.5, 0.6) is 0 Å². The smallest absolute Gasteiger partial charge is 0.253 e. The molecule has 0 radical (unpaired) electrons. The maximum Gasteiger partial charge on any atom is 0.253 e. The Kier molecular flexibility index (Phi) is 4.15. The van der Waals surface area contributed by atoms with Gasteiger partial charge in [0.1, 0.15) is 0 Å². The number of aromatic nitrogens is 1. The summed E-state index contributed by atoms with van der Waals surface area (Å²) in [5, 5.41) is 6.50. The van der Waals surface area contributed by atoms with Crippen LogP contribution in [-0.2, 0) is 4.79 Å². The summed E-state index contributed by atoms with van der Waals surface area (Å²) in [5.41, 5.74) is 6.53. The van der Waals surface area contributed by atoms with E-state index in [0.29, 0.717) is 18.7 Å². The Labute approximate surface area is 110 Å². The summed E-state index contributed by atoms with van der Waals surface area (Å²) in [6.45, 7) is 1.05. The molecule has 6 nitrogen and oxygen atoms in total. The minimum absolute atomic E-state index is 0.114. The Balaban J connectivity index is 1.88. The van der Waals surface area contributed by atoms with Crippen LogP contribution in [-0.4, -0.2) is 36.4 Å². The molecule has 0 unspecified atom stereocenters. The van der Waals surface area contributed by atoms with Crippen LogP contribution in [0.1, 0.15) is 10.4 Å². The molecule has 2 amide bonds. The van der Waals surface area contributed by atoms with Crippen molar-refractivity contribution in [2.75, 3.05) is 19.6 Å². The second kappa shape index (κ2) is 6.01. The maximum atomic E-state index is 12.0. The zero-order chi connectivity index (χ0) is 13.7. The van der Waals surface area contributed by atoms with E-state index in [2.05, 4.69) is 15.6 Å². The Morgan fingerprint density at radius 1 is 1.21 bits per heavy atom. The fraction of sp³-hybridized carbons (Fsp3) is 0.231. The van der Waals surface area contributed by atoms with Crippen molar-refractivity contribution in [3.63, 3.8) is 0 Å². The van der Waals surface area contributed by atoms with Gasteiger partial charge in [0.25, 0.3) is 5.91 Å². The second-order valence-electron chi connectivity index (χ2n) is 4.15. The summed E-state index contributed by atoms with van der Waals surface area (Å²) >= 11 is 0. The van der Waals surface area contributed by atoms with E-state index in [4.69, 9.17) is 5.73 Å². The largest absolute Gasteiger partial charge is 0.369 e. The van der Waals surface area contributed by atoms with Gasteiger partial charge in [0.05, 0.1) is 12.1 Å². The zero-order valence-electron chi connectivity index (χ0n) is 10.4. The number of benzene rings is 1. The number of fused-ring (bicyclic) bond motifs is 1. The molecular formula is C13H16N4O2. The van der Waals surface area contributed by atoms with Crippen LogP contribution in [0, 0.1) is 0 Å². The van der Waals surface area contributed by atoms with Crippen molar-refractivity contribution in [2.45, 2.75) is 0 Å². The van der Waals surface area contributed by atoms with Gasteiger partial charge in [-0.05, 0) is 6.07 Å². The number of hydrogen-bond acceptors (Lipinski definition) is 3. The summed E-state index contributed by atoms with van der Waals surface area (Å²) < 4.78 is 0. The van der Waals surface area contributed by atoms with Gasteiger partial charge in [-0.25, -0.2) is 0 Å². The molecule has 1 aromatic heterocycles. The summed E-state index contributed by atoms with van der Waals surface area (Å²) in [4.78, 5) is 25.5. The number of rotatable bonds is 6. The molecule has 2 rings (SSSR count). The second-order valence-corrected chi connectivity index (χ2v) is 4.15. The minimum atomic E-state index is -0.414. The lowest BCUT2D eigenvalue weighted by Gasteiger charge is -2.05. The Morgan fingerprint density at radius 3 is 2.79 bits per heavy atom. The standard InChI is InChI=1S/C13H16N4O2/c14-12(18)8-15-5-6-16-13(19)10-7-17-11-4-2-1-3-9(10)11/h1-4,7,15,17H,5-6,8H2,(H2,14,18)(H,16,19). The SMILES string of the molecule is NC(=O)CNCCNC(=O)c1c[nH]c2ccccc12. The first-order chi connectivity index (χ1) is 9.18. The van der Waals surface area contributed by atoms with Gasteiger partial charge in [-0.15, -0.1) is 0 Å². The van der Waals surface area contributed by atoms with E-state index in [-0.39, 0.29) is 12.5 Å². The predicted molar refractivity (Wildman–Crippen MR) is 72.7 cm³/mol. The molecule has 0 atom stereocenters. The highest BCUT2D eigenvalue weighted by atomic mass is 16.2. The zero-order valence-corrected chi connectivity index (χ0v) is 10.4. The maximum absolute atomic E-state index is 12.0. The fourth-order valence-corrected chi connectivity index (χ4v) is 1.83. The molecule has 1 heterocycles. The normalized spacial score (nSPS) is 10.5. The molecule has 100 valence electrons. The van der Waals surface area contributed by atoms with Gasteiger partial charge in [-0.3, -0.25) is 9.59 Å². The van der Waals surface area contributed by atoms with E-state index < -0.39 is 5.91 Å². The number of aromatic amines is 1. The number of para-hydroxylation sites is 1. The molecule has 0 aliphatic heterocycles. The van der Waals surface area contributed by atoms with Gasteiger partial charge < -0.3 is 21.4 Å². The third-order valence-electron chi connectivity index (χ3n) is 2.72. The number of H-pyrrole nitrogens is 1. The van der Waals surface area contributed by atoms with Crippen molar-refractivity contribution in [1.82, 2.24) is 15.6 Å². The van der Waals surface area contributed by atoms with Crippen molar-refractivity contribution in [3.05, 3.63) is 36.0 Å². The lowest BCUT2D eigenvalue weighted by Crippen LogP contribution is -2.35. The number of carbonyl (C=O) groups excluding carboxylic acids is 2. The van der Waals surface area contributed by atoms with Gasteiger partial charge in [0.15, 0.2) is 0 Å². The Bertz CT molecular complexity index is 591. The molecule has 0 bridgehead atoms. The lowest BCUT2D eigenvalue weighted by atomic mass is 10.1. The first kappa shape index (κ1) is 13.1. The third kappa shape index (κ3) is 3.32. The van der Waals surface area contributed by atoms with Gasteiger partial charge in [0, 0.05) is 30.2 Å². The van der Waals surface area contributed by atoms with Gasteiger partial charge >= 0.3 is 0 Å². The van der Waals surface area contributed by atoms with Gasteiger partial charge in [-0.1, -0.05) is 18.2 Å². The molecule has 1 aromatic carbocycles. The molecule has 0 saturated heterocycles. The van der Waals surface area contributed by atoms with Crippen molar-refractivity contribution in [3.8, 4) is 0 Å². The fourth-order valence-electron chi connectivity index (χ4n) is 1.83. The van der Waals surface area contributed by atoms with Crippen molar-refractivity contribution in [1.29, 1.82) is 0 Å². The van der Waals surface area contributed by atoms with Crippen LogP contribution in [0.15, 0.2) is 30.5 Å². The number of primary amides is 1. The highest BCUT2D eigenvalue weighted by Crippen LogP contribution is 2.17. The quantitative estimate of drug-likeness (QED) is 0.549. The Hall–Kier alpha value is -2.34. The monoisotopic (exact) mass is 260 g/mol. The molecule has 5 N–H and O–H groups in total.